The molecule has 0 bridgehead atoms. The van der Waals surface area contributed by atoms with Crippen LogP contribution in [-0.2, 0) is 14.3 Å². The van der Waals surface area contributed by atoms with Crippen molar-refractivity contribution in [2.75, 3.05) is 19.7 Å². The second-order valence-electron chi connectivity index (χ2n) is 6.04. The monoisotopic (exact) mass is 255 g/mol. The first-order valence-corrected chi connectivity index (χ1v) is 6.51. The Morgan fingerprint density at radius 2 is 2.11 bits per heavy atom. The lowest BCUT2D eigenvalue weighted by Gasteiger charge is -2.24. The molecule has 5 nitrogen and oxygen atoms in total. The van der Waals surface area contributed by atoms with Gasteiger partial charge >= 0.3 is 12.1 Å². The van der Waals surface area contributed by atoms with Crippen LogP contribution in [0, 0.1) is 11.8 Å². The SMILES string of the molecule is CC(C)(C)OC(=O)N1CCC(C2CCOC2=O)C1. The molecule has 0 aliphatic carbocycles. The number of rotatable bonds is 1. The normalized spacial score (nSPS) is 28.4. The van der Waals surface area contributed by atoms with Gasteiger partial charge in [-0.3, -0.25) is 4.79 Å². The molecule has 2 unspecified atom stereocenters. The van der Waals surface area contributed by atoms with Crippen molar-refractivity contribution < 1.29 is 19.1 Å². The third kappa shape index (κ3) is 2.94. The molecular formula is C13H21NO4. The molecular weight excluding hydrogens is 234 g/mol. The van der Waals surface area contributed by atoms with Crippen LogP contribution in [0.1, 0.15) is 33.6 Å². The van der Waals surface area contributed by atoms with Gasteiger partial charge in [0.2, 0.25) is 0 Å². The van der Waals surface area contributed by atoms with Gasteiger partial charge in [-0.25, -0.2) is 4.79 Å². The molecule has 1 amide bonds. The number of hydrogen-bond donors (Lipinski definition) is 0. The topological polar surface area (TPSA) is 55.8 Å². The zero-order chi connectivity index (χ0) is 13.3. The van der Waals surface area contributed by atoms with Gasteiger partial charge < -0.3 is 14.4 Å². The highest BCUT2D eigenvalue weighted by Crippen LogP contribution is 2.31. The van der Waals surface area contributed by atoms with Crippen molar-refractivity contribution in [2.24, 2.45) is 11.8 Å². The fourth-order valence-electron chi connectivity index (χ4n) is 2.55. The number of hydrogen-bond acceptors (Lipinski definition) is 4. The maximum absolute atomic E-state index is 11.9. The minimum absolute atomic E-state index is 0.0302. The summed E-state index contributed by atoms with van der Waals surface area (Å²) < 4.78 is 10.3. The second-order valence-corrected chi connectivity index (χ2v) is 6.04. The molecule has 2 aliphatic heterocycles. The first-order chi connectivity index (χ1) is 8.37. The maximum atomic E-state index is 11.9. The predicted octanol–water partition coefficient (Wildman–Crippen LogP) is 1.81. The number of carbonyl (C=O) groups is 2. The van der Waals surface area contributed by atoms with Crippen LogP contribution >= 0.6 is 0 Å². The highest BCUT2D eigenvalue weighted by Gasteiger charge is 2.39. The van der Waals surface area contributed by atoms with E-state index >= 15 is 0 Å². The van der Waals surface area contributed by atoms with Crippen LogP contribution in [0.4, 0.5) is 4.79 Å². The van der Waals surface area contributed by atoms with E-state index in [1.807, 2.05) is 20.8 Å². The third-order valence-corrected chi connectivity index (χ3v) is 3.42. The van der Waals surface area contributed by atoms with Gasteiger partial charge in [0.15, 0.2) is 0 Å². The van der Waals surface area contributed by atoms with Crippen LogP contribution < -0.4 is 0 Å². The van der Waals surface area contributed by atoms with Crippen molar-refractivity contribution in [1.29, 1.82) is 0 Å². The number of nitrogens with zero attached hydrogens (tertiary/aromatic N) is 1. The van der Waals surface area contributed by atoms with Gasteiger partial charge in [0, 0.05) is 13.1 Å². The van der Waals surface area contributed by atoms with Gasteiger partial charge in [-0.2, -0.15) is 0 Å². The first kappa shape index (κ1) is 13.2. The number of cyclic esters (lactones) is 1. The first-order valence-electron chi connectivity index (χ1n) is 6.51. The molecule has 2 fully saturated rings. The zero-order valence-electron chi connectivity index (χ0n) is 11.3. The minimum atomic E-state index is -0.471. The van der Waals surface area contributed by atoms with Gasteiger partial charge in [-0.05, 0) is 39.5 Å². The summed E-state index contributed by atoms with van der Waals surface area (Å²) in [6, 6.07) is 0. The minimum Gasteiger partial charge on any atom is -0.465 e. The van der Waals surface area contributed by atoms with E-state index in [9.17, 15) is 9.59 Å². The maximum Gasteiger partial charge on any atom is 0.410 e. The predicted molar refractivity (Wildman–Crippen MR) is 65.0 cm³/mol. The lowest BCUT2D eigenvalue weighted by atomic mass is 9.90. The van der Waals surface area contributed by atoms with E-state index in [2.05, 4.69) is 0 Å². The molecule has 0 aromatic carbocycles. The molecule has 0 aromatic heterocycles. The highest BCUT2D eigenvalue weighted by atomic mass is 16.6. The molecule has 102 valence electrons. The van der Waals surface area contributed by atoms with Crippen LogP contribution in [-0.4, -0.2) is 42.3 Å². The molecule has 2 rings (SSSR count). The smallest absolute Gasteiger partial charge is 0.410 e. The fourth-order valence-corrected chi connectivity index (χ4v) is 2.55. The Balaban J connectivity index is 1.88. The van der Waals surface area contributed by atoms with Crippen molar-refractivity contribution in [3.05, 3.63) is 0 Å². The summed E-state index contributed by atoms with van der Waals surface area (Å²) in [4.78, 5) is 25.1. The lowest BCUT2D eigenvalue weighted by Crippen LogP contribution is -2.36. The number of likely N-dealkylation sites (tertiary alicyclic amines) is 1. The molecule has 0 radical (unpaired) electrons. The van der Waals surface area contributed by atoms with Gasteiger partial charge in [0.25, 0.3) is 0 Å². The van der Waals surface area contributed by atoms with E-state index in [-0.39, 0.29) is 23.9 Å². The summed E-state index contributed by atoms with van der Waals surface area (Å²) in [7, 11) is 0. The number of amides is 1. The van der Waals surface area contributed by atoms with Crippen LogP contribution in [0.5, 0.6) is 0 Å². The highest BCUT2D eigenvalue weighted by molar-refractivity contribution is 5.75. The summed E-state index contributed by atoms with van der Waals surface area (Å²) in [5, 5.41) is 0. The summed E-state index contributed by atoms with van der Waals surface area (Å²) in [6.45, 7) is 7.36. The fraction of sp³-hybridized carbons (Fsp3) is 0.846. The summed E-state index contributed by atoms with van der Waals surface area (Å²) in [5.41, 5.74) is -0.471. The Kier molecular flexibility index (Phi) is 3.50. The van der Waals surface area contributed by atoms with E-state index in [4.69, 9.17) is 9.47 Å². The number of esters is 1. The number of ether oxygens (including phenoxy) is 2. The molecule has 2 atom stereocenters. The summed E-state index contributed by atoms with van der Waals surface area (Å²) in [6.07, 6.45) is 1.36. The molecule has 5 heteroatoms. The van der Waals surface area contributed by atoms with E-state index in [0.717, 1.165) is 12.8 Å². The Bertz CT molecular complexity index is 347. The van der Waals surface area contributed by atoms with Crippen molar-refractivity contribution in [3.63, 3.8) is 0 Å². The molecule has 18 heavy (non-hydrogen) atoms. The van der Waals surface area contributed by atoms with Crippen molar-refractivity contribution in [3.8, 4) is 0 Å². The van der Waals surface area contributed by atoms with E-state index in [0.29, 0.717) is 19.7 Å². The standard InChI is InChI=1S/C13H21NO4/c1-13(2,3)18-12(16)14-6-4-9(8-14)10-5-7-17-11(10)15/h9-10H,4-8H2,1-3H3. The Morgan fingerprint density at radius 3 is 2.67 bits per heavy atom. The van der Waals surface area contributed by atoms with Crippen molar-refractivity contribution >= 4 is 12.1 Å². The van der Waals surface area contributed by atoms with Crippen molar-refractivity contribution in [1.82, 2.24) is 4.90 Å². The van der Waals surface area contributed by atoms with E-state index in [1.165, 1.54) is 0 Å². The molecule has 2 aliphatic rings. The molecule has 0 aromatic rings. The molecule has 2 heterocycles. The van der Waals surface area contributed by atoms with Gasteiger partial charge in [0.05, 0.1) is 12.5 Å². The Hall–Kier alpha value is -1.26. The van der Waals surface area contributed by atoms with Gasteiger partial charge in [-0.15, -0.1) is 0 Å². The third-order valence-electron chi connectivity index (χ3n) is 3.42. The summed E-state index contributed by atoms with van der Waals surface area (Å²) >= 11 is 0. The van der Waals surface area contributed by atoms with Gasteiger partial charge in [-0.1, -0.05) is 0 Å². The summed E-state index contributed by atoms with van der Waals surface area (Å²) in [5.74, 6) is 0.0935. The quantitative estimate of drug-likeness (QED) is 0.670. The average Bonchev–Trinajstić information content (AvgIpc) is 2.82. The zero-order valence-corrected chi connectivity index (χ0v) is 11.3. The van der Waals surface area contributed by atoms with E-state index in [1.54, 1.807) is 4.90 Å². The van der Waals surface area contributed by atoms with Gasteiger partial charge in [0.1, 0.15) is 5.60 Å². The van der Waals surface area contributed by atoms with E-state index < -0.39 is 5.60 Å². The largest absolute Gasteiger partial charge is 0.465 e. The molecule has 2 saturated heterocycles. The molecule has 0 spiro atoms. The molecule has 0 N–H and O–H groups in total. The van der Waals surface area contributed by atoms with Crippen molar-refractivity contribution in [2.45, 2.75) is 39.2 Å². The van der Waals surface area contributed by atoms with Crippen LogP contribution in [0.15, 0.2) is 0 Å². The Labute approximate surface area is 107 Å². The van der Waals surface area contributed by atoms with Crippen LogP contribution in [0.25, 0.3) is 0 Å². The number of carbonyl (C=O) groups excluding carboxylic acids is 2. The Morgan fingerprint density at radius 1 is 1.39 bits per heavy atom. The van der Waals surface area contributed by atoms with Crippen LogP contribution in [0.2, 0.25) is 0 Å². The van der Waals surface area contributed by atoms with Crippen LogP contribution in [0.3, 0.4) is 0 Å². The molecule has 0 saturated carbocycles. The second kappa shape index (κ2) is 4.78. The lowest BCUT2D eigenvalue weighted by molar-refractivity contribution is -0.142. The average molecular weight is 255 g/mol.